The van der Waals surface area contributed by atoms with E-state index in [0.29, 0.717) is 12.3 Å². The Balaban J connectivity index is 1.62. The number of fused-ring (bicyclic) bond motifs is 2. The third-order valence-electron chi connectivity index (χ3n) is 8.80. The van der Waals surface area contributed by atoms with Crippen molar-refractivity contribution < 1.29 is 14.7 Å². The smallest absolute Gasteiger partial charge is 0.171 e. The number of ketones is 2. The van der Waals surface area contributed by atoms with Crippen molar-refractivity contribution in [3.8, 4) is 0 Å². The van der Waals surface area contributed by atoms with Crippen LogP contribution in [0.1, 0.15) is 65.2 Å². The number of Topliss-reactive ketones (excluding diaryl/α,β-unsaturated/α-hetero) is 1. The zero-order valence-corrected chi connectivity index (χ0v) is 15.8. The Morgan fingerprint density at radius 3 is 2.65 bits per heavy atom. The van der Waals surface area contributed by atoms with Crippen molar-refractivity contribution in [2.75, 3.05) is 0 Å². The lowest BCUT2D eigenvalue weighted by Crippen LogP contribution is -2.52. The summed E-state index contributed by atoms with van der Waals surface area (Å²) in [5.41, 5.74) is 3.85. The summed E-state index contributed by atoms with van der Waals surface area (Å²) in [7, 11) is 0. The van der Waals surface area contributed by atoms with Crippen molar-refractivity contribution in [2.24, 2.45) is 22.2 Å². The van der Waals surface area contributed by atoms with Gasteiger partial charge in [-0.2, -0.15) is 0 Å². The second-order valence-electron chi connectivity index (χ2n) is 9.45. The van der Waals surface area contributed by atoms with E-state index in [1.54, 1.807) is 12.5 Å². The van der Waals surface area contributed by atoms with E-state index in [0.717, 1.165) is 44.9 Å². The summed E-state index contributed by atoms with van der Waals surface area (Å²) in [4.78, 5) is 24.9. The van der Waals surface area contributed by atoms with Crippen molar-refractivity contribution in [1.29, 1.82) is 0 Å². The molecule has 0 aromatic rings. The average Bonchev–Trinajstić information content (AvgIpc) is 3.05. The maximum atomic E-state index is 13.0. The van der Waals surface area contributed by atoms with Crippen LogP contribution in [-0.2, 0) is 9.59 Å². The van der Waals surface area contributed by atoms with Gasteiger partial charge >= 0.3 is 0 Å². The fraction of sp³-hybridized carbons (Fsp3) is 0.652. The molecule has 2 unspecified atom stereocenters. The summed E-state index contributed by atoms with van der Waals surface area (Å²) in [5.74, 6) is 0.806. The Morgan fingerprint density at radius 2 is 1.96 bits per heavy atom. The fourth-order valence-corrected chi connectivity index (χ4v) is 7.49. The molecule has 0 amide bonds. The number of rotatable bonds is 2. The number of allylic oxidation sites excluding steroid dienone is 6. The molecule has 0 spiro atoms. The zero-order valence-electron chi connectivity index (χ0n) is 15.8. The molecule has 5 rings (SSSR count). The molecule has 0 aliphatic heterocycles. The van der Waals surface area contributed by atoms with E-state index in [1.165, 1.54) is 11.1 Å². The lowest BCUT2D eigenvalue weighted by molar-refractivity contribution is -0.141. The third-order valence-corrected chi connectivity index (χ3v) is 8.80. The van der Waals surface area contributed by atoms with E-state index in [2.05, 4.69) is 19.1 Å². The van der Waals surface area contributed by atoms with Crippen LogP contribution in [0.2, 0.25) is 0 Å². The quantitative estimate of drug-likeness (QED) is 0.762. The lowest BCUT2D eigenvalue weighted by atomic mass is 9.47. The van der Waals surface area contributed by atoms with Crippen LogP contribution in [0.4, 0.5) is 0 Å². The molecular weight excluding hydrogens is 324 g/mol. The van der Waals surface area contributed by atoms with Gasteiger partial charge in [0.05, 0.1) is 5.41 Å². The van der Waals surface area contributed by atoms with Crippen LogP contribution in [0.5, 0.6) is 0 Å². The van der Waals surface area contributed by atoms with Gasteiger partial charge in [-0.25, -0.2) is 0 Å². The molecular formula is C23H28O3. The molecule has 5 atom stereocenters. The van der Waals surface area contributed by atoms with E-state index in [4.69, 9.17) is 0 Å². The van der Waals surface area contributed by atoms with Crippen molar-refractivity contribution in [3.63, 3.8) is 0 Å². The highest BCUT2D eigenvalue weighted by molar-refractivity contribution is 5.94. The monoisotopic (exact) mass is 352 g/mol. The topological polar surface area (TPSA) is 54.4 Å². The van der Waals surface area contributed by atoms with E-state index in [9.17, 15) is 14.7 Å². The predicted octanol–water partition coefficient (Wildman–Crippen LogP) is 4.07. The summed E-state index contributed by atoms with van der Waals surface area (Å²) < 4.78 is 0. The van der Waals surface area contributed by atoms with Crippen LogP contribution < -0.4 is 0 Å². The molecule has 2 fully saturated rings. The predicted molar refractivity (Wildman–Crippen MR) is 99.3 cm³/mol. The Hall–Kier alpha value is -1.48. The summed E-state index contributed by atoms with van der Waals surface area (Å²) in [6.45, 7) is 3.94. The van der Waals surface area contributed by atoms with E-state index >= 15 is 0 Å². The van der Waals surface area contributed by atoms with E-state index < -0.39 is 11.5 Å². The highest BCUT2D eigenvalue weighted by atomic mass is 16.3. The molecule has 1 N–H and O–H groups in total. The Morgan fingerprint density at radius 1 is 1.15 bits per heavy atom. The van der Waals surface area contributed by atoms with Gasteiger partial charge < -0.3 is 5.11 Å². The largest absolute Gasteiger partial charge is 0.386 e. The number of hydrogen-bond acceptors (Lipinski definition) is 3. The van der Waals surface area contributed by atoms with Gasteiger partial charge in [0.15, 0.2) is 11.6 Å². The zero-order chi connectivity index (χ0) is 18.3. The molecule has 0 saturated heterocycles. The molecule has 3 heteroatoms. The van der Waals surface area contributed by atoms with Crippen molar-refractivity contribution >= 4 is 11.6 Å². The molecule has 5 aliphatic carbocycles. The van der Waals surface area contributed by atoms with E-state index in [-0.39, 0.29) is 22.4 Å². The van der Waals surface area contributed by atoms with E-state index in [1.807, 2.05) is 6.08 Å². The standard InChI is InChI=1S/C23H28O3/c1-14(24)20(26)23-11-9-22(10-12-23)19-6-3-15-13-16(25)4-5-17(15)18(19)7-8-21(22,23)2/h9,11,13-14,19,24H,3-8,10,12H2,1-2H3/t14?,19?,21-,22+,23-/m0/s1. The van der Waals surface area contributed by atoms with Crippen molar-refractivity contribution in [3.05, 3.63) is 34.9 Å². The lowest BCUT2D eigenvalue weighted by Gasteiger charge is -2.55. The third kappa shape index (κ3) is 1.69. The first-order chi connectivity index (χ1) is 12.3. The van der Waals surface area contributed by atoms with Gasteiger partial charge in [-0.1, -0.05) is 24.6 Å². The minimum atomic E-state index is -0.893. The SMILES string of the molecule is CC(O)C(=O)[C@]12C=C[C@@]3(CC1)C1CCC4=CC(=O)CCC4=C1CC[C@]23C. The van der Waals surface area contributed by atoms with Crippen LogP contribution in [-0.4, -0.2) is 22.8 Å². The molecule has 0 aromatic heterocycles. The number of carbonyl (C=O) groups excluding carboxylic acids is 2. The second kappa shape index (κ2) is 5.07. The number of aliphatic hydroxyl groups is 1. The van der Waals surface area contributed by atoms with Crippen LogP contribution in [0.25, 0.3) is 0 Å². The first-order valence-corrected chi connectivity index (χ1v) is 10.2. The molecule has 138 valence electrons. The van der Waals surface area contributed by atoms with Gasteiger partial charge in [-0.15, -0.1) is 0 Å². The van der Waals surface area contributed by atoms with Gasteiger partial charge in [-0.05, 0) is 80.4 Å². The van der Waals surface area contributed by atoms with Crippen molar-refractivity contribution in [1.82, 2.24) is 0 Å². The Labute approximate surface area is 155 Å². The minimum Gasteiger partial charge on any atom is -0.386 e. The van der Waals surface area contributed by atoms with Gasteiger partial charge in [0.25, 0.3) is 0 Å². The maximum Gasteiger partial charge on any atom is 0.171 e. The minimum absolute atomic E-state index is 0.0198. The van der Waals surface area contributed by atoms with Crippen LogP contribution in [0.3, 0.4) is 0 Å². The highest BCUT2D eigenvalue weighted by Gasteiger charge is 2.72. The average molecular weight is 352 g/mol. The van der Waals surface area contributed by atoms with Crippen LogP contribution in [0.15, 0.2) is 34.9 Å². The fourth-order valence-electron chi connectivity index (χ4n) is 7.49. The Kier molecular flexibility index (Phi) is 3.25. The number of aliphatic hydroxyl groups excluding tert-OH is 1. The van der Waals surface area contributed by atoms with Crippen LogP contribution in [0, 0.1) is 22.2 Å². The summed E-state index contributed by atoms with van der Waals surface area (Å²) in [5, 5.41) is 10.1. The molecule has 0 aromatic carbocycles. The molecule has 0 heterocycles. The van der Waals surface area contributed by atoms with Crippen molar-refractivity contribution in [2.45, 2.75) is 71.3 Å². The number of carbonyl (C=O) groups is 2. The molecule has 2 saturated carbocycles. The Bertz CT molecular complexity index is 813. The molecule has 5 aliphatic rings. The summed E-state index contributed by atoms with van der Waals surface area (Å²) in [6.07, 6.45) is 13.2. The molecule has 0 radical (unpaired) electrons. The summed E-state index contributed by atoms with van der Waals surface area (Å²) >= 11 is 0. The maximum absolute atomic E-state index is 13.0. The van der Waals surface area contributed by atoms with Crippen LogP contribution >= 0.6 is 0 Å². The second-order valence-corrected chi connectivity index (χ2v) is 9.45. The first-order valence-electron chi connectivity index (χ1n) is 10.2. The molecule has 26 heavy (non-hydrogen) atoms. The number of hydrogen-bond donors (Lipinski definition) is 1. The van der Waals surface area contributed by atoms with Gasteiger partial charge in [-0.3, -0.25) is 9.59 Å². The highest BCUT2D eigenvalue weighted by Crippen LogP contribution is 2.77. The summed E-state index contributed by atoms with van der Waals surface area (Å²) in [6, 6.07) is 0. The normalized spacial score (nSPS) is 44.3. The van der Waals surface area contributed by atoms with Gasteiger partial charge in [0.2, 0.25) is 0 Å². The van der Waals surface area contributed by atoms with Gasteiger partial charge in [0, 0.05) is 11.8 Å². The molecule has 2 bridgehead atoms. The van der Waals surface area contributed by atoms with Gasteiger partial charge in [0.1, 0.15) is 6.10 Å². The first kappa shape index (κ1) is 16.7. The molecule has 3 nitrogen and oxygen atoms in total.